The molecule has 3 heterocycles. The zero-order valence-electron chi connectivity index (χ0n) is 13.5. The molecule has 0 bridgehead atoms. The number of para-hydroxylation sites is 1. The third-order valence-corrected chi connectivity index (χ3v) is 5.64. The Morgan fingerprint density at radius 2 is 2.00 bits per heavy atom. The van der Waals surface area contributed by atoms with Crippen molar-refractivity contribution >= 4 is 5.91 Å². The summed E-state index contributed by atoms with van der Waals surface area (Å²) in [7, 11) is 2.10. The molecule has 23 heavy (non-hydrogen) atoms. The molecule has 3 aliphatic rings. The summed E-state index contributed by atoms with van der Waals surface area (Å²) >= 11 is 0. The molecule has 1 aromatic rings. The summed E-state index contributed by atoms with van der Waals surface area (Å²) < 4.78 is 5.93. The van der Waals surface area contributed by atoms with Gasteiger partial charge in [0, 0.05) is 37.2 Å². The van der Waals surface area contributed by atoms with E-state index in [4.69, 9.17) is 4.74 Å². The van der Waals surface area contributed by atoms with Crippen molar-refractivity contribution in [3.8, 4) is 5.75 Å². The van der Waals surface area contributed by atoms with E-state index in [0.717, 1.165) is 12.3 Å². The minimum Gasteiger partial charge on any atom is -0.493 e. The van der Waals surface area contributed by atoms with Gasteiger partial charge in [-0.05, 0) is 26.0 Å². The van der Waals surface area contributed by atoms with Crippen LogP contribution in [0.4, 0.5) is 0 Å². The molecule has 0 spiro atoms. The van der Waals surface area contributed by atoms with Crippen LogP contribution in [0, 0.1) is 11.8 Å². The number of benzene rings is 1. The molecule has 0 radical (unpaired) electrons. The lowest BCUT2D eigenvalue weighted by atomic mass is 9.84. The largest absolute Gasteiger partial charge is 0.493 e. The van der Waals surface area contributed by atoms with Gasteiger partial charge in [-0.3, -0.25) is 9.69 Å². The fourth-order valence-electron chi connectivity index (χ4n) is 4.41. The first-order valence-electron chi connectivity index (χ1n) is 8.54. The molecule has 0 saturated carbocycles. The molecule has 1 N–H and O–H groups in total. The van der Waals surface area contributed by atoms with E-state index in [0.29, 0.717) is 32.5 Å². The van der Waals surface area contributed by atoms with Gasteiger partial charge in [-0.25, -0.2) is 0 Å². The van der Waals surface area contributed by atoms with E-state index in [2.05, 4.69) is 18.0 Å². The Hall–Kier alpha value is -1.59. The van der Waals surface area contributed by atoms with Crippen LogP contribution in [0.3, 0.4) is 0 Å². The SMILES string of the molecule is CN1C[C@@H](C(=O)N2CCC(O)CC2)[C@@H]2COc3ccccc3[C@@H]21. The van der Waals surface area contributed by atoms with Gasteiger partial charge in [-0.1, -0.05) is 18.2 Å². The van der Waals surface area contributed by atoms with E-state index in [1.54, 1.807) is 0 Å². The average molecular weight is 316 g/mol. The van der Waals surface area contributed by atoms with Gasteiger partial charge in [-0.15, -0.1) is 0 Å². The molecule has 0 aromatic heterocycles. The van der Waals surface area contributed by atoms with Gasteiger partial charge in [0.2, 0.25) is 5.91 Å². The number of carbonyl (C=O) groups is 1. The maximum absolute atomic E-state index is 13.0. The van der Waals surface area contributed by atoms with Crippen LogP contribution in [0.25, 0.3) is 0 Å². The summed E-state index contributed by atoms with van der Waals surface area (Å²) in [6, 6.07) is 8.44. The Bertz CT molecular complexity index is 598. The fraction of sp³-hybridized carbons (Fsp3) is 0.611. The molecule has 1 aromatic carbocycles. The number of hydrogen-bond acceptors (Lipinski definition) is 4. The second-order valence-corrected chi connectivity index (χ2v) is 7.06. The minimum atomic E-state index is -0.247. The van der Waals surface area contributed by atoms with Crippen LogP contribution in [-0.4, -0.2) is 60.2 Å². The molecule has 0 aliphatic carbocycles. The monoisotopic (exact) mass is 316 g/mol. The first-order chi connectivity index (χ1) is 11.1. The predicted molar refractivity (Wildman–Crippen MR) is 86.1 cm³/mol. The molecule has 0 unspecified atom stereocenters. The van der Waals surface area contributed by atoms with Crippen molar-refractivity contribution in [2.45, 2.75) is 25.0 Å². The highest BCUT2D eigenvalue weighted by Crippen LogP contribution is 2.46. The van der Waals surface area contributed by atoms with Crippen LogP contribution in [0.5, 0.6) is 5.75 Å². The van der Waals surface area contributed by atoms with Crippen molar-refractivity contribution in [1.82, 2.24) is 9.80 Å². The molecule has 2 fully saturated rings. The number of hydrogen-bond donors (Lipinski definition) is 1. The van der Waals surface area contributed by atoms with Crippen LogP contribution >= 0.6 is 0 Å². The molecular formula is C18H24N2O3. The van der Waals surface area contributed by atoms with Gasteiger partial charge in [0.1, 0.15) is 5.75 Å². The second-order valence-electron chi connectivity index (χ2n) is 7.06. The van der Waals surface area contributed by atoms with Crippen LogP contribution in [-0.2, 0) is 4.79 Å². The van der Waals surface area contributed by atoms with Crippen molar-refractivity contribution < 1.29 is 14.6 Å². The highest BCUT2D eigenvalue weighted by Gasteiger charge is 2.48. The number of rotatable bonds is 1. The first-order valence-corrected chi connectivity index (χ1v) is 8.54. The van der Waals surface area contributed by atoms with Gasteiger partial charge >= 0.3 is 0 Å². The number of aliphatic hydroxyl groups excluding tert-OH is 1. The molecule has 3 atom stereocenters. The average Bonchev–Trinajstić information content (AvgIpc) is 2.92. The van der Waals surface area contributed by atoms with E-state index in [9.17, 15) is 9.90 Å². The predicted octanol–water partition coefficient (Wildman–Crippen LogP) is 1.28. The number of piperidine rings is 1. The van der Waals surface area contributed by atoms with Crippen LogP contribution in [0.2, 0.25) is 0 Å². The van der Waals surface area contributed by atoms with Crippen LogP contribution in [0.1, 0.15) is 24.4 Å². The van der Waals surface area contributed by atoms with Crippen LogP contribution in [0.15, 0.2) is 24.3 Å². The number of amides is 1. The first kappa shape index (κ1) is 15.0. The third kappa shape index (κ3) is 2.52. The molecule has 2 saturated heterocycles. The summed E-state index contributed by atoms with van der Waals surface area (Å²) in [5, 5.41) is 9.65. The highest BCUT2D eigenvalue weighted by atomic mass is 16.5. The molecule has 5 heteroatoms. The number of carbonyl (C=O) groups excluding carboxylic acids is 1. The van der Waals surface area contributed by atoms with E-state index in [1.807, 2.05) is 23.1 Å². The van der Waals surface area contributed by atoms with Gasteiger partial charge in [0.05, 0.1) is 18.6 Å². The molecule has 4 rings (SSSR count). The number of nitrogens with zero attached hydrogens (tertiary/aromatic N) is 2. The van der Waals surface area contributed by atoms with Crippen molar-refractivity contribution in [2.75, 3.05) is 33.3 Å². The van der Waals surface area contributed by atoms with Crippen molar-refractivity contribution in [1.29, 1.82) is 0 Å². The normalized spacial score (nSPS) is 31.4. The van der Waals surface area contributed by atoms with E-state index >= 15 is 0 Å². The molecule has 124 valence electrons. The number of fused-ring (bicyclic) bond motifs is 3. The van der Waals surface area contributed by atoms with E-state index in [1.165, 1.54) is 5.56 Å². The Kier molecular flexibility index (Phi) is 3.77. The zero-order valence-corrected chi connectivity index (χ0v) is 13.5. The Morgan fingerprint density at radius 3 is 2.78 bits per heavy atom. The lowest BCUT2D eigenvalue weighted by molar-refractivity contribution is -0.138. The maximum atomic E-state index is 13.0. The van der Waals surface area contributed by atoms with Gasteiger partial charge in [0.25, 0.3) is 0 Å². The molecule has 5 nitrogen and oxygen atoms in total. The zero-order chi connectivity index (χ0) is 16.0. The molecule has 1 amide bonds. The Labute approximate surface area is 136 Å². The van der Waals surface area contributed by atoms with Gasteiger partial charge < -0.3 is 14.7 Å². The standard InChI is InChI=1S/C18H24N2O3/c1-19-10-14(18(22)20-8-6-12(21)7-9-20)15-11-23-16-5-3-2-4-13(16)17(15)19/h2-5,12,14-15,17,21H,6-11H2,1H3/t14-,15+,17+/m1/s1. The quantitative estimate of drug-likeness (QED) is 0.848. The van der Waals surface area contributed by atoms with Gasteiger partial charge in [-0.2, -0.15) is 0 Å². The summed E-state index contributed by atoms with van der Waals surface area (Å²) in [5.41, 5.74) is 1.20. The lowest BCUT2D eigenvalue weighted by Crippen LogP contribution is -2.45. The summed E-state index contributed by atoms with van der Waals surface area (Å²) in [4.78, 5) is 17.2. The summed E-state index contributed by atoms with van der Waals surface area (Å²) in [5.74, 6) is 1.40. The van der Waals surface area contributed by atoms with Crippen molar-refractivity contribution in [2.24, 2.45) is 11.8 Å². The molecular weight excluding hydrogens is 292 g/mol. The Balaban J connectivity index is 1.55. The Morgan fingerprint density at radius 1 is 1.26 bits per heavy atom. The van der Waals surface area contributed by atoms with E-state index < -0.39 is 0 Å². The second kappa shape index (κ2) is 5.80. The number of aliphatic hydroxyl groups is 1. The maximum Gasteiger partial charge on any atom is 0.227 e. The molecule has 3 aliphatic heterocycles. The van der Waals surface area contributed by atoms with Crippen molar-refractivity contribution in [3.63, 3.8) is 0 Å². The fourth-order valence-corrected chi connectivity index (χ4v) is 4.41. The number of likely N-dealkylation sites (tertiary alicyclic amines) is 2. The van der Waals surface area contributed by atoms with Gasteiger partial charge in [0.15, 0.2) is 0 Å². The smallest absolute Gasteiger partial charge is 0.227 e. The van der Waals surface area contributed by atoms with Crippen molar-refractivity contribution in [3.05, 3.63) is 29.8 Å². The van der Waals surface area contributed by atoms with E-state index in [-0.39, 0.29) is 29.9 Å². The lowest BCUT2D eigenvalue weighted by Gasteiger charge is -2.35. The summed E-state index contributed by atoms with van der Waals surface area (Å²) in [6.45, 7) is 2.74. The topological polar surface area (TPSA) is 53.0 Å². The number of ether oxygens (including phenoxy) is 1. The highest BCUT2D eigenvalue weighted by molar-refractivity contribution is 5.80. The van der Waals surface area contributed by atoms with Crippen LogP contribution < -0.4 is 4.74 Å². The third-order valence-electron chi connectivity index (χ3n) is 5.64. The minimum absolute atomic E-state index is 0.00593. The summed E-state index contributed by atoms with van der Waals surface area (Å²) in [6.07, 6.45) is 1.15.